The van der Waals surface area contributed by atoms with Crippen molar-refractivity contribution in [3.63, 3.8) is 0 Å². The molecule has 1 aliphatic rings. The Balaban J connectivity index is 1.56. The van der Waals surface area contributed by atoms with E-state index >= 15 is 0 Å². The molecule has 180 valence electrons. The van der Waals surface area contributed by atoms with Crippen molar-refractivity contribution in [3.8, 4) is 6.01 Å². The minimum Gasteiger partial charge on any atom is -0.467 e. The van der Waals surface area contributed by atoms with E-state index in [0.29, 0.717) is 18.1 Å². The lowest BCUT2D eigenvalue weighted by Gasteiger charge is -2.27. The van der Waals surface area contributed by atoms with Crippen molar-refractivity contribution in [2.75, 3.05) is 23.9 Å². The maximum Gasteiger partial charge on any atom is 0.327 e. The summed E-state index contributed by atoms with van der Waals surface area (Å²) in [6.45, 7) is 3.95. The van der Waals surface area contributed by atoms with E-state index in [4.69, 9.17) is 22.2 Å². The zero-order valence-electron chi connectivity index (χ0n) is 19.5. The number of hydrogen-bond acceptors (Lipinski definition) is 6. The van der Waals surface area contributed by atoms with E-state index in [1.54, 1.807) is 12.1 Å². The van der Waals surface area contributed by atoms with Crippen LogP contribution in [0.2, 0.25) is 5.02 Å². The van der Waals surface area contributed by atoms with Crippen LogP contribution in [0.4, 0.5) is 16.3 Å². The van der Waals surface area contributed by atoms with Crippen molar-refractivity contribution in [3.05, 3.63) is 82.0 Å². The van der Waals surface area contributed by atoms with E-state index in [1.165, 1.54) is 18.1 Å². The maximum absolute atomic E-state index is 13.2. The molecule has 3 N–H and O–H groups in total. The standard InChI is InChI=1S/C25H25ClN6O3/c1-15-19-10-7-13-31(22(19)30-24(28-15)35-3)25(34)29-21-14-18(11-12-20(21)26)23(33)32(27)16(2)17-8-5-4-6-9-17/h4-12,14,16H,13,27H2,1-3H3,(H,29,34). The van der Waals surface area contributed by atoms with Gasteiger partial charge >= 0.3 is 12.0 Å². The van der Waals surface area contributed by atoms with Crippen LogP contribution in [0, 0.1) is 6.92 Å². The molecule has 2 aromatic carbocycles. The summed E-state index contributed by atoms with van der Waals surface area (Å²) in [5.74, 6) is 6.16. The zero-order valence-corrected chi connectivity index (χ0v) is 20.3. The van der Waals surface area contributed by atoms with Crippen molar-refractivity contribution in [2.24, 2.45) is 5.84 Å². The lowest BCUT2D eigenvalue weighted by molar-refractivity contribution is 0.0690. The second-order valence-electron chi connectivity index (χ2n) is 7.97. The number of hydrogen-bond donors (Lipinski definition) is 2. The van der Waals surface area contributed by atoms with E-state index in [0.717, 1.165) is 16.1 Å². The highest BCUT2D eigenvalue weighted by atomic mass is 35.5. The van der Waals surface area contributed by atoms with Crippen LogP contribution in [0.1, 0.15) is 40.1 Å². The van der Waals surface area contributed by atoms with Gasteiger partial charge in [-0.15, -0.1) is 0 Å². The number of nitrogens with zero attached hydrogens (tertiary/aromatic N) is 4. The molecule has 0 bridgehead atoms. The second kappa shape index (κ2) is 10.1. The maximum atomic E-state index is 13.2. The predicted molar refractivity (Wildman–Crippen MR) is 135 cm³/mol. The van der Waals surface area contributed by atoms with Crippen molar-refractivity contribution in [1.82, 2.24) is 15.0 Å². The average Bonchev–Trinajstić information content (AvgIpc) is 2.88. The van der Waals surface area contributed by atoms with Crippen molar-refractivity contribution < 1.29 is 14.3 Å². The molecule has 35 heavy (non-hydrogen) atoms. The number of nitrogens with one attached hydrogen (secondary N) is 1. The minimum atomic E-state index is -0.468. The van der Waals surface area contributed by atoms with E-state index in [1.807, 2.05) is 56.3 Å². The smallest absolute Gasteiger partial charge is 0.327 e. The predicted octanol–water partition coefficient (Wildman–Crippen LogP) is 4.59. The number of methoxy groups -OCH3 is 1. The highest BCUT2D eigenvalue weighted by Crippen LogP contribution is 2.30. The molecular formula is C25H25ClN6O3. The van der Waals surface area contributed by atoms with Gasteiger partial charge in [-0.1, -0.05) is 54.1 Å². The fourth-order valence-electron chi connectivity index (χ4n) is 3.73. The molecule has 0 saturated heterocycles. The Hall–Kier alpha value is -3.95. The number of halogens is 1. The largest absolute Gasteiger partial charge is 0.467 e. The number of benzene rings is 2. The van der Waals surface area contributed by atoms with E-state index < -0.39 is 11.9 Å². The third-order valence-corrected chi connectivity index (χ3v) is 6.07. The molecule has 0 saturated carbocycles. The lowest BCUT2D eigenvalue weighted by Crippen LogP contribution is -2.39. The summed E-state index contributed by atoms with van der Waals surface area (Å²) in [7, 11) is 1.46. The molecule has 1 aromatic heterocycles. The Morgan fingerprint density at radius 3 is 2.66 bits per heavy atom. The van der Waals surface area contributed by atoms with Crippen LogP contribution in [0.5, 0.6) is 6.01 Å². The lowest BCUT2D eigenvalue weighted by atomic mass is 10.1. The molecule has 3 aromatic rings. The fourth-order valence-corrected chi connectivity index (χ4v) is 3.89. The van der Waals surface area contributed by atoms with Crippen molar-refractivity contribution >= 4 is 41.1 Å². The molecule has 10 heteroatoms. The first-order valence-electron chi connectivity index (χ1n) is 10.9. The molecule has 1 unspecified atom stereocenters. The summed E-state index contributed by atoms with van der Waals surface area (Å²) in [4.78, 5) is 36.3. The summed E-state index contributed by atoms with van der Waals surface area (Å²) in [5.41, 5.74) is 2.86. The topological polar surface area (TPSA) is 114 Å². The Morgan fingerprint density at radius 2 is 1.94 bits per heavy atom. The van der Waals surface area contributed by atoms with Crippen LogP contribution in [0.15, 0.2) is 54.6 Å². The first-order valence-corrected chi connectivity index (χ1v) is 11.3. The normalized spacial score (nSPS) is 13.1. The highest BCUT2D eigenvalue weighted by Gasteiger charge is 2.26. The molecular weight excluding hydrogens is 468 g/mol. The molecule has 3 amide bonds. The van der Waals surface area contributed by atoms with Gasteiger partial charge in [0.05, 0.1) is 29.6 Å². The first kappa shape index (κ1) is 24.2. The van der Waals surface area contributed by atoms with Crippen LogP contribution >= 0.6 is 11.6 Å². The molecule has 2 heterocycles. The van der Waals surface area contributed by atoms with E-state index in [9.17, 15) is 9.59 Å². The molecule has 1 aliphatic heterocycles. The molecule has 0 aliphatic carbocycles. The number of aryl methyl sites for hydroxylation is 1. The van der Waals surface area contributed by atoms with Gasteiger partial charge in [0.2, 0.25) is 0 Å². The van der Waals surface area contributed by atoms with Crippen LogP contribution in [0.25, 0.3) is 6.08 Å². The van der Waals surface area contributed by atoms with Crippen molar-refractivity contribution in [2.45, 2.75) is 19.9 Å². The SMILES string of the molecule is COc1nc(C)c2c(n1)N(C(=O)Nc1cc(C(=O)N(N)C(C)c3ccccc3)ccc1Cl)CC=C2. The number of nitrogens with two attached hydrogens (primary N) is 1. The van der Waals surface area contributed by atoms with E-state index in [-0.39, 0.29) is 28.3 Å². The average molecular weight is 493 g/mol. The van der Waals surface area contributed by atoms with Gasteiger partial charge in [0.15, 0.2) is 5.82 Å². The highest BCUT2D eigenvalue weighted by molar-refractivity contribution is 6.34. The van der Waals surface area contributed by atoms with Gasteiger partial charge in [0, 0.05) is 17.7 Å². The summed E-state index contributed by atoms with van der Waals surface area (Å²) < 4.78 is 5.16. The number of carbonyl (C=O) groups is 2. The summed E-state index contributed by atoms with van der Waals surface area (Å²) in [6.07, 6.45) is 3.70. The monoisotopic (exact) mass is 492 g/mol. The summed E-state index contributed by atoms with van der Waals surface area (Å²) >= 11 is 6.35. The first-order chi connectivity index (χ1) is 16.8. The Labute approximate surface area is 208 Å². The van der Waals surface area contributed by atoms with Crippen LogP contribution in [-0.2, 0) is 0 Å². The Kier molecular flexibility index (Phi) is 6.99. The van der Waals surface area contributed by atoms with E-state index in [2.05, 4.69) is 15.3 Å². The number of urea groups is 1. The minimum absolute atomic E-state index is 0.163. The fraction of sp³-hybridized carbons (Fsp3) is 0.200. The number of rotatable bonds is 5. The van der Waals surface area contributed by atoms with Gasteiger partial charge < -0.3 is 10.1 Å². The van der Waals surface area contributed by atoms with Gasteiger partial charge in [-0.2, -0.15) is 9.97 Å². The zero-order chi connectivity index (χ0) is 25.1. The van der Waals surface area contributed by atoms with Gasteiger partial charge in [-0.3, -0.25) is 14.7 Å². The number of anilines is 2. The molecule has 0 spiro atoms. The van der Waals surface area contributed by atoms with Gasteiger partial charge in [0.1, 0.15) is 0 Å². The second-order valence-corrected chi connectivity index (χ2v) is 8.38. The number of aromatic nitrogens is 2. The van der Waals surface area contributed by atoms with Crippen molar-refractivity contribution in [1.29, 1.82) is 0 Å². The van der Waals surface area contributed by atoms with Gasteiger partial charge in [-0.05, 0) is 37.6 Å². The number of carbonyl (C=O) groups excluding carboxylic acids is 2. The quantitative estimate of drug-likeness (QED) is 0.306. The van der Waals surface area contributed by atoms with Crippen LogP contribution < -0.4 is 20.8 Å². The number of amides is 3. The number of fused-ring (bicyclic) bond motifs is 1. The number of ether oxygens (including phenoxy) is 1. The molecule has 0 radical (unpaired) electrons. The summed E-state index contributed by atoms with van der Waals surface area (Å²) in [5, 5.41) is 4.21. The Bertz CT molecular complexity index is 1300. The molecule has 9 nitrogen and oxygen atoms in total. The molecule has 0 fully saturated rings. The van der Waals surface area contributed by atoms with Crippen LogP contribution in [-0.4, -0.2) is 40.6 Å². The summed E-state index contributed by atoms with van der Waals surface area (Å²) in [6, 6.07) is 13.4. The molecule has 4 rings (SSSR count). The van der Waals surface area contributed by atoms with Gasteiger partial charge in [-0.25, -0.2) is 10.6 Å². The Morgan fingerprint density at radius 1 is 1.20 bits per heavy atom. The third kappa shape index (κ3) is 4.96. The number of hydrazine groups is 1. The molecule has 1 atom stereocenters. The van der Waals surface area contributed by atoms with Crippen LogP contribution in [0.3, 0.4) is 0 Å². The van der Waals surface area contributed by atoms with Gasteiger partial charge in [0.25, 0.3) is 5.91 Å². The third-order valence-electron chi connectivity index (χ3n) is 5.74.